The molecule has 0 amide bonds. The average Bonchev–Trinajstić information content (AvgIpc) is 2.56. The van der Waals surface area contributed by atoms with Crippen molar-refractivity contribution in [3.8, 4) is 17.2 Å². The second-order valence-electron chi connectivity index (χ2n) is 4.65. The Morgan fingerprint density at radius 1 is 1.33 bits per heavy atom. The molecule has 2 aromatic carbocycles. The molecule has 126 valence electrons. The first-order valence-electron chi connectivity index (χ1n) is 6.98. The number of non-ortho nitro benzene ring substituents is 1. The maximum Gasteiger partial charge on any atom is 0.273 e. The first-order valence-corrected chi connectivity index (χ1v) is 7.35. The third-order valence-electron chi connectivity index (χ3n) is 3.09. The molecule has 0 spiro atoms. The highest BCUT2D eigenvalue weighted by Gasteiger charge is 2.12. The van der Waals surface area contributed by atoms with E-state index >= 15 is 0 Å². The van der Waals surface area contributed by atoms with Crippen molar-refractivity contribution in [2.24, 2.45) is 4.99 Å². The number of phenolic OH excluding ortho intramolecular Hbond substituents is 1. The molecule has 0 aromatic heterocycles. The van der Waals surface area contributed by atoms with Crippen molar-refractivity contribution in [1.29, 1.82) is 0 Å². The Hall–Kier alpha value is -2.80. The number of halogens is 1. The number of methoxy groups -OCH3 is 1. The van der Waals surface area contributed by atoms with Crippen molar-refractivity contribution in [1.82, 2.24) is 0 Å². The molecule has 1 N–H and O–H groups in total. The summed E-state index contributed by atoms with van der Waals surface area (Å²) in [5, 5.41) is 21.3. The number of hydrogen-bond donors (Lipinski definition) is 1. The molecule has 0 aliphatic carbocycles. The van der Waals surface area contributed by atoms with Gasteiger partial charge < -0.3 is 14.6 Å². The molecule has 0 aliphatic rings. The van der Waals surface area contributed by atoms with Gasteiger partial charge in [0.25, 0.3) is 5.69 Å². The summed E-state index contributed by atoms with van der Waals surface area (Å²) in [6.45, 7) is 2.16. The molecular weight excluding hydrogens is 336 g/mol. The monoisotopic (exact) mass is 350 g/mol. The fraction of sp³-hybridized carbons (Fsp3) is 0.188. The molecule has 0 bridgehead atoms. The van der Waals surface area contributed by atoms with E-state index in [0.717, 1.165) is 0 Å². The standard InChI is InChI=1S/C16H15ClN2O5/c1-3-24-15-7-11(17)6-10(16(15)20)9-18-13-5-4-12(19(21)22)8-14(13)23-2/h4-9,20H,3H2,1-2H3. The summed E-state index contributed by atoms with van der Waals surface area (Å²) in [7, 11) is 1.39. The minimum absolute atomic E-state index is 0.0918. The molecule has 2 rings (SSSR count). The lowest BCUT2D eigenvalue weighted by atomic mass is 10.2. The second-order valence-corrected chi connectivity index (χ2v) is 5.08. The lowest BCUT2D eigenvalue weighted by molar-refractivity contribution is -0.384. The Bertz CT molecular complexity index is 792. The number of nitrogens with zero attached hydrogens (tertiary/aromatic N) is 2. The molecular formula is C16H15ClN2O5. The number of ether oxygens (including phenoxy) is 2. The Morgan fingerprint density at radius 2 is 2.08 bits per heavy atom. The Labute approximate surface area is 143 Å². The average molecular weight is 351 g/mol. The lowest BCUT2D eigenvalue weighted by Gasteiger charge is -2.09. The van der Waals surface area contributed by atoms with Crippen molar-refractivity contribution in [3.63, 3.8) is 0 Å². The van der Waals surface area contributed by atoms with Crippen molar-refractivity contribution in [3.05, 3.63) is 51.0 Å². The van der Waals surface area contributed by atoms with Crippen molar-refractivity contribution in [2.45, 2.75) is 6.92 Å². The Kier molecular flexibility index (Phi) is 5.59. The molecule has 0 radical (unpaired) electrons. The van der Waals surface area contributed by atoms with Gasteiger partial charge in [0.1, 0.15) is 5.69 Å². The van der Waals surface area contributed by atoms with Gasteiger partial charge in [-0.1, -0.05) is 11.6 Å². The summed E-state index contributed by atoms with van der Waals surface area (Å²) in [5.41, 5.74) is 0.627. The second kappa shape index (κ2) is 7.65. The van der Waals surface area contributed by atoms with Crippen LogP contribution < -0.4 is 9.47 Å². The van der Waals surface area contributed by atoms with E-state index in [4.69, 9.17) is 21.1 Å². The van der Waals surface area contributed by atoms with Crippen LogP contribution in [0.1, 0.15) is 12.5 Å². The number of aliphatic imine (C=N–C) groups is 1. The van der Waals surface area contributed by atoms with Crippen molar-refractivity contribution >= 4 is 29.2 Å². The van der Waals surface area contributed by atoms with Gasteiger partial charge in [-0.2, -0.15) is 0 Å². The van der Waals surface area contributed by atoms with Crippen molar-refractivity contribution < 1.29 is 19.5 Å². The smallest absolute Gasteiger partial charge is 0.273 e. The fourth-order valence-corrected chi connectivity index (χ4v) is 2.20. The van der Waals surface area contributed by atoms with Gasteiger partial charge in [0.05, 0.1) is 24.7 Å². The van der Waals surface area contributed by atoms with Crippen LogP contribution in [0.15, 0.2) is 35.3 Å². The van der Waals surface area contributed by atoms with E-state index in [1.807, 2.05) is 0 Å². The van der Waals surface area contributed by atoms with Gasteiger partial charge in [-0.15, -0.1) is 0 Å². The van der Waals surface area contributed by atoms with Crippen LogP contribution >= 0.6 is 11.6 Å². The molecule has 7 nitrogen and oxygen atoms in total. The Balaban J connectivity index is 2.39. The van der Waals surface area contributed by atoms with Gasteiger partial charge >= 0.3 is 0 Å². The summed E-state index contributed by atoms with van der Waals surface area (Å²) in [5.74, 6) is 0.403. The van der Waals surface area contributed by atoms with Gasteiger partial charge in [-0.05, 0) is 19.1 Å². The first-order chi connectivity index (χ1) is 11.5. The number of rotatable bonds is 6. The zero-order valence-electron chi connectivity index (χ0n) is 13.0. The number of phenols is 1. The molecule has 0 aliphatic heterocycles. The van der Waals surface area contributed by atoms with Crippen LogP contribution in [-0.2, 0) is 0 Å². The first kappa shape index (κ1) is 17.6. The van der Waals surface area contributed by atoms with Crippen LogP contribution in [0, 0.1) is 10.1 Å². The highest BCUT2D eigenvalue weighted by Crippen LogP contribution is 2.35. The molecule has 0 fully saturated rings. The summed E-state index contributed by atoms with van der Waals surface area (Å²) in [6, 6.07) is 7.08. The third-order valence-corrected chi connectivity index (χ3v) is 3.30. The Morgan fingerprint density at radius 3 is 2.71 bits per heavy atom. The highest BCUT2D eigenvalue weighted by molar-refractivity contribution is 6.31. The normalized spacial score (nSPS) is 10.8. The van der Waals surface area contributed by atoms with Crippen LogP contribution in [-0.4, -0.2) is 30.0 Å². The van der Waals surface area contributed by atoms with Gasteiger partial charge in [0.2, 0.25) is 0 Å². The zero-order valence-corrected chi connectivity index (χ0v) is 13.8. The SMILES string of the molecule is CCOc1cc(Cl)cc(C=Nc2ccc([N+](=O)[O-])cc2OC)c1O. The third kappa shape index (κ3) is 3.94. The minimum atomic E-state index is -0.521. The zero-order chi connectivity index (χ0) is 17.7. The largest absolute Gasteiger partial charge is 0.504 e. The molecule has 0 saturated carbocycles. The topological polar surface area (TPSA) is 94.2 Å². The van der Waals surface area contributed by atoms with Gasteiger partial charge in [0.15, 0.2) is 17.2 Å². The predicted octanol–water partition coefficient (Wildman–Crippen LogP) is 4.11. The van der Waals surface area contributed by atoms with Crippen LogP contribution in [0.4, 0.5) is 11.4 Å². The van der Waals surface area contributed by atoms with Crippen LogP contribution in [0.3, 0.4) is 0 Å². The van der Waals surface area contributed by atoms with Gasteiger partial charge in [-0.3, -0.25) is 15.1 Å². The summed E-state index contributed by atoms with van der Waals surface area (Å²) in [4.78, 5) is 14.5. The molecule has 0 unspecified atom stereocenters. The van der Waals surface area contributed by atoms with E-state index in [1.165, 1.54) is 43.7 Å². The summed E-state index contributed by atoms with van der Waals surface area (Å²) < 4.78 is 10.4. The quantitative estimate of drug-likeness (QED) is 0.480. The predicted molar refractivity (Wildman–Crippen MR) is 91.2 cm³/mol. The maximum absolute atomic E-state index is 10.8. The maximum atomic E-state index is 10.8. The highest BCUT2D eigenvalue weighted by atomic mass is 35.5. The van der Waals surface area contributed by atoms with Crippen LogP contribution in [0.25, 0.3) is 0 Å². The number of nitro groups is 1. The van der Waals surface area contributed by atoms with Gasteiger partial charge in [0, 0.05) is 28.9 Å². The molecule has 0 saturated heterocycles. The lowest BCUT2D eigenvalue weighted by Crippen LogP contribution is -1.94. The number of benzene rings is 2. The summed E-state index contributed by atoms with van der Waals surface area (Å²) >= 11 is 6.00. The number of aromatic hydroxyl groups is 1. The van der Waals surface area contributed by atoms with E-state index in [2.05, 4.69) is 4.99 Å². The summed E-state index contributed by atoms with van der Waals surface area (Å²) in [6.07, 6.45) is 1.38. The minimum Gasteiger partial charge on any atom is -0.504 e. The van der Waals surface area contributed by atoms with E-state index < -0.39 is 4.92 Å². The van der Waals surface area contributed by atoms with Crippen LogP contribution in [0.5, 0.6) is 17.2 Å². The molecule has 8 heteroatoms. The van der Waals surface area contributed by atoms with Crippen molar-refractivity contribution in [2.75, 3.05) is 13.7 Å². The van der Waals surface area contributed by atoms with E-state index in [-0.39, 0.29) is 22.9 Å². The number of nitro benzene ring substituents is 1. The fourth-order valence-electron chi connectivity index (χ4n) is 1.98. The molecule has 2 aromatic rings. The van der Waals surface area contributed by atoms with Crippen LogP contribution in [0.2, 0.25) is 5.02 Å². The van der Waals surface area contributed by atoms with E-state index in [1.54, 1.807) is 6.92 Å². The van der Waals surface area contributed by atoms with E-state index in [9.17, 15) is 15.2 Å². The van der Waals surface area contributed by atoms with Gasteiger partial charge in [-0.25, -0.2) is 0 Å². The van der Waals surface area contributed by atoms with E-state index in [0.29, 0.717) is 22.9 Å². The molecule has 0 atom stereocenters. The molecule has 24 heavy (non-hydrogen) atoms. The molecule has 0 heterocycles. The number of hydrogen-bond acceptors (Lipinski definition) is 6.